The largest absolute Gasteiger partial charge is 0.508 e. The number of phenols is 1. The zero-order valence-electron chi connectivity index (χ0n) is 12.7. The standard InChI is InChI=1S/C17H17ClN2O2/c1-9(2)15-13(17(18)20(3)19-15)8-10-7-12-11(16(10)22)5-4-6-14(12)21/h4-6,8-9,21H,7H2,1-3H3/b10-8-. The molecule has 2 aromatic rings. The Balaban J connectivity index is 2.09. The summed E-state index contributed by atoms with van der Waals surface area (Å²) in [6, 6.07) is 5.03. The smallest absolute Gasteiger partial charge is 0.189 e. The highest BCUT2D eigenvalue weighted by molar-refractivity contribution is 6.31. The van der Waals surface area contributed by atoms with Crippen LogP contribution in [0.4, 0.5) is 0 Å². The van der Waals surface area contributed by atoms with Gasteiger partial charge < -0.3 is 5.11 Å². The molecule has 5 heteroatoms. The van der Waals surface area contributed by atoms with E-state index in [1.807, 2.05) is 19.9 Å². The molecule has 1 N–H and O–H groups in total. The zero-order valence-corrected chi connectivity index (χ0v) is 13.5. The third-order valence-corrected chi connectivity index (χ3v) is 4.41. The monoisotopic (exact) mass is 316 g/mol. The number of ketones is 1. The molecule has 3 rings (SSSR count). The van der Waals surface area contributed by atoms with Crippen molar-refractivity contribution in [2.75, 3.05) is 0 Å². The normalized spacial score (nSPS) is 15.9. The molecular weight excluding hydrogens is 300 g/mol. The van der Waals surface area contributed by atoms with Crippen molar-refractivity contribution >= 4 is 23.5 Å². The molecule has 1 heterocycles. The van der Waals surface area contributed by atoms with Crippen molar-refractivity contribution in [1.29, 1.82) is 0 Å². The van der Waals surface area contributed by atoms with E-state index in [4.69, 9.17) is 11.6 Å². The Hall–Kier alpha value is -2.07. The number of allylic oxidation sites excluding steroid dienone is 1. The lowest BCUT2D eigenvalue weighted by Crippen LogP contribution is -1.97. The SMILES string of the molecule is CC(C)c1nn(C)c(Cl)c1/C=C1/Cc2c(O)cccc2C1=O. The summed E-state index contributed by atoms with van der Waals surface area (Å²) in [5.74, 6) is 0.314. The van der Waals surface area contributed by atoms with E-state index >= 15 is 0 Å². The fourth-order valence-corrected chi connectivity index (χ4v) is 3.00. The molecule has 1 aliphatic carbocycles. The van der Waals surface area contributed by atoms with Crippen LogP contribution in [0.15, 0.2) is 23.8 Å². The maximum atomic E-state index is 12.5. The molecule has 4 nitrogen and oxygen atoms in total. The van der Waals surface area contributed by atoms with Crippen molar-refractivity contribution in [3.05, 3.63) is 51.3 Å². The van der Waals surface area contributed by atoms with Crippen molar-refractivity contribution in [2.45, 2.75) is 26.2 Å². The number of aromatic nitrogens is 2. The Kier molecular flexibility index (Phi) is 3.57. The van der Waals surface area contributed by atoms with Gasteiger partial charge >= 0.3 is 0 Å². The van der Waals surface area contributed by atoms with E-state index in [9.17, 15) is 9.90 Å². The molecule has 0 radical (unpaired) electrons. The number of benzene rings is 1. The number of Topliss-reactive ketones (excluding diaryl/α,β-unsaturated/α-hetero) is 1. The van der Waals surface area contributed by atoms with Crippen LogP contribution >= 0.6 is 11.6 Å². The van der Waals surface area contributed by atoms with E-state index in [2.05, 4.69) is 5.10 Å². The van der Waals surface area contributed by atoms with E-state index in [-0.39, 0.29) is 17.5 Å². The fraction of sp³-hybridized carbons (Fsp3) is 0.294. The van der Waals surface area contributed by atoms with Crippen LogP contribution in [0.3, 0.4) is 0 Å². The first-order valence-electron chi connectivity index (χ1n) is 7.18. The summed E-state index contributed by atoms with van der Waals surface area (Å²) in [6.45, 7) is 4.08. The van der Waals surface area contributed by atoms with Crippen molar-refractivity contribution in [2.24, 2.45) is 7.05 Å². The molecule has 0 bridgehead atoms. The van der Waals surface area contributed by atoms with Gasteiger partial charge in [0, 0.05) is 35.7 Å². The maximum Gasteiger partial charge on any atom is 0.189 e. The van der Waals surface area contributed by atoms with Crippen molar-refractivity contribution in [3.63, 3.8) is 0 Å². The Bertz CT molecular complexity index is 803. The Morgan fingerprint density at radius 1 is 1.41 bits per heavy atom. The van der Waals surface area contributed by atoms with E-state index in [0.29, 0.717) is 28.3 Å². The highest BCUT2D eigenvalue weighted by Gasteiger charge is 2.28. The Labute approximate surface area is 134 Å². The second kappa shape index (κ2) is 5.29. The highest BCUT2D eigenvalue weighted by Crippen LogP contribution is 2.35. The fourth-order valence-electron chi connectivity index (χ4n) is 2.81. The molecule has 0 fully saturated rings. The van der Waals surface area contributed by atoms with Gasteiger partial charge in [0.1, 0.15) is 10.9 Å². The lowest BCUT2D eigenvalue weighted by molar-refractivity contribution is 0.104. The van der Waals surface area contributed by atoms with E-state index in [0.717, 1.165) is 11.3 Å². The third-order valence-electron chi connectivity index (χ3n) is 3.96. The molecule has 0 saturated carbocycles. The van der Waals surface area contributed by atoms with E-state index in [1.165, 1.54) is 0 Å². The molecule has 114 valence electrons. The van der Waals surface area contributed by atoms with Crippen LogP contribution in [-0.2, 0) is 13.5 Å². The van der Waals surface area contributed by atoms with Crippen molar-refractivity contribution < 1.29 is 9.90 Å². The lowest BCUT2D eigenvalue weighted by Gasteiger charge is -2.02. The summed E-state index contributed by atoms with van der Waals surface area (Å²) in [5, 5.41) is 14.9. The number of aromatic hydroxyl groups is 1. The number of nitrogens with zero attached hydrogens (tertiary/aromatic N) is 2. The summed E-state index contributed by atoms with van der Waals surface area (Å²) in [4.78, 5) is 12.5. The van der Waals surface area contributed by atoms with Gasteiger partial charge in [-0.3, -0.25) is 9.48 Å². The molecule has 0 amide bonds. The van der Waals surface area contributed by atoms with Gasteiger partial charge in [-0.1, -0.05) is 37.6 Å². The molecule has 0 atom stereocenters. The van der Waals surface area contributed by atoms with Gasteiger partial charge in [0.15, 0.2) is 5.78 Å². The number of rotatable bonds is 2. The summed E-state index contributed by atoms with van der Waals surface area (Å²) in [6.07, 6.45) is 2.23. The molecule has 0 unspecified atom stereocenters. The van der Waals surface area contributed by atoms with Crippen LogP contribution in [0.2, 0.25) is 5.15 Å². The quantitative estimate of drug-likeness (QED) is 0.859. The molecule has 1 aromatic carbocycles. The minimum Gasteiger partial charge on any atom is -0.508 e. The summed E-state index contributed by atoms with van der Waals surface area (Å²) in [5.41, 5.74) is 3.54. The zero-order chi connectivity index (χ0) is 16.0. The summed E-state index contributed by atoms with van der Waals surface area (Å²) in [7, 11) is 1.78. The third kappa shape index (κ3) is 2.24. The summed E-state index contributed by atoms with van der Waals surface area (Å²) < 4.78 is 1.62. The van der Waals surface area contributed by atoms with Gasteiger partial charge in [-0.05, 0) is 18.1 Å². The number of hydrogen-bond acceptors (Lipinski definition) is 3. The second-order valence-corrected chi connectivity index (χ2v) is 6.20. The van der Waals surface area contributed by atoms with Crippen LogP contribution in [-0.4, -0.2) is 20.7 Å². The predicted molar refractivity (Wildman–Crippen MR) is 86.4 cm³/mol. The van der Waals surface area contributed by atoms with E-state index in [1.54, 1.807) is 29.9 Å². The topological polar surface area (TPSA) is 55.1 Å². The first-order valence-corrected chi connectivity index (χ1v) is 7.56. The van der Waals surface area contributed by atoms with Gasteiger partial charge in [-0.15, -0.1) is 0 Å². The average Bonchev–Trinajstić information content (AvgIpc) is 2.93. The number of fused-ring (bicyclic) bond motifs is 1. The first kappa shape index (κ1) is 14.9. The summed E-state index contributed by atoms with van der Waals surface area (Å²) >= 11 is 6.32. The number of hydrogen-bond donors (Lipinski definition) is 1. The number of halogens is 1. The van der Waals surface area contributed by atoms with Gasteiger partial charge in [-0.25, -0.2) is 0 Å². The molecule has 0 saturated heterocycles. The number of aryl methyl sites for hydroxylation is 1. The molecule has 22 heavy (non-hydrogen) atoms. The van der Waals surface area contributed by atoms with Gasteiger partial charge in [0.05, 0.1) is 5.69 Å². The van der Waals surface area contributed by atoms with Crippen molar-refractivity contribution in [3.8, 4) is 5.75 Å². The molecule has 0 spiro atoms. The second-order valence-electron chi connectivity index (χ2n) is 5.85. The van der Waals surface area contributed by atoms with Crippen LogP contribution < -0.4 is 0 Å². The molecule has 1 aromatic heterocycles. The number of carbonyl (C=O) groups is 1. The maximum absolute atomic E-state index is 12.5. The minimum atomic E-state index is -0.0551. The average molecular weight is 317 g/mol. The van der Waals surface area contributed by atoms with Gasteiger partial charge in [-0.2, -0.15) is 5.10 Å². The van der Waals surface area contributed by atoms with Crippen LogP contribution in [0.25, 0.3) is 6.08 Å². The van der Waals surface area contributed by atoms with Crippen molar-refractivity contribution in [1.82, 2.24) is 9.78 Å². The molecule has 0 aliphatic heterocycles. The van der Waals surface area contributed by atoms with E-state index < -0.39 is 0 Å². The molecule has 1 aliphatic rings. The highest BCUT2D eigenvalue weighted by atomic mass is 35.5. The number of carbonyl (C=O) groups excluding carboxylic acids is 1. The van der Waals surface area contributed by atoms with Crippen LogP contribution in [0.5, 0.6) is 5.75 Å². The van der Waals surface area contributed by atoms with Crippen LogP contribution in [0, 0.1) is 0 Å². The predicted octanol–water partition coefficient (Wildman–Crippen LogP) is 3.72. The van der Waals surface area contributed by atoms with Gasteiger partial charge in [0.25, 0.3) is 0 Å². The van der Waals surface area contributed by atoms with Gasteiger partial charge in [0.2, 0.25) is 0 Å². The Morgan fingerprint density at radius 2 is 2.14 bits per heavy atom. The molecular formula is C17H17ClN2O2. The first-order chi connectivity index (χ1) is 10.4. The minimum absolute atomic E-state index is 0.0551. The Morgan fingerprint density at radius 3 is 2.77 bits per heavy atom. The number of phenolic OH excluding ortho intramolecular Hbond substituents is 1. The van der Waals surface area contributed by atoms with Crippen LogP contribution in [0.1, 0.15) is 46.9 Å². The lowest BCUT2D eigenvalue weighted by atomic mass is 10.0.